The second-order valence-electron chi connectivity index (χ2n) is 5.09. The maximum atomic E-state index is 5.93. The zero-order valence-electron chi connectivity index (χ0n) is 13.2. The number of aromatic nitrogens is 2. The fourth-order valence-corrected chi connectivity index (χ4v) is 2.47. The minimum Gasteiger partial charge on any atom is -0.494 e. The third-order valence-electron chi connectivity index (χ3n) is 3.29. The van der Waals surface area contributed by atoms with E-state index in [0.29, 0.717) is 24.1 Å². The van der Waals surface area contributed by atoms with Crippen molar-refractivity contribution in [2.24, 2.45) is 0 Å². The normalized spacial score (nSPS) is 10.4. The molecule has 0 spiro atoms. The number of nitrogen functional groups attached to an aromatic ring is 1. The van der Waals surface area contributed by atoms with Crippen LogP contribution in [-0.4, -0.2) is 16.6 Å². The Labute approximate surface area is 149 Å². The smallest absolute Gasteiger partial charge is 0.163 e. The van der Waals surface area contributed by atoms with E-state index in [4.69, 9.17) is 10.5 Å². The number of nitrogens with two attached hydrogens (primary N) is 1. The van der Waals surface area contributed by atoms with Gasteiger partial charge < -0.3 is 15.8 Å². The molecular formula is C18H17BrN4O. The van der Waals surface area contributed by atoms with Crippen LogP contribution in [0, 0.1) is 0 Å². The topological polar surface area (TPSA) is 73.1 Å². The fourth-order valence-electron chi connectivity index (χ4n) is 2.21. The van der Waals surface area contributed by atoms with Crippen LogP contribution < -0.4 is 15.8 Å². The third-order valence-corrected chi connectivity index (χ3v) is 3.81. The number of halogens is 1. The molecule has 0 aliphatic heterocycles. The van der Waals surface area contributed by atoms with Gasteiger partial charge in [0.05, 0.1) is 6.61 Å². The molecular weight excluding hydrogens is 368 g/mol. The molecule has 3 aromatic rings. The van der Waals surface area contributed by atoms with Gasteiger partial charge in [0, 0.05) is 21.8 Å². The molecule has 0 amide bonds. The van der Waals surface area contributed by atoms with E-state index in [0.717, 1.165) is 21.5 Å². The molecule has 1 aromatic heterocycles. The second kappa shape index (κ2) is 7.31. The Bertz CT molecular complexity index is 819. The van der Waals surface area contributed by atoms with Gasteiger partial charge in [0.2, 0.25) is 0 Å². The van der Waals surface area contributed by atoms with Crippen molar-refractivity contribution >= 4 is 33.3 Å². The number of benzene rings is 2. The summed E-state index contributed by atoms with van der Waals surface area (Å²) in [5, 5.41) is 3.24. The largest absolute Gasteiger partial charge is 0.494 e. The third kappa shape index (κ3) is 4.02. The van der Waals surface area contributed by atoms with Gasteiger partial charge in [0.15, 0.2) is 5.82 Å². The first-order valence-corrected chi connectivity index (χ1v) is 8.34. The first-order chi connectivity index (χ1) is 11.6. The van der Waals surface area contributed by atoms with Gasteiger partial charge in [0.1, 0.15) is 17.4 Å². The quantitative estimate of drug-likeness (QED) is 0.670. The maximum absolute atomic E-state index is 5.93. The van der Waals surface area contributed by atoms with Gasteiger partial charge in [0.25, 0.3) is 0 Å². The van der Waals surface area contributed by atoms with E-state index in [2.05, 4.69) is 31.2 Å². The molecule has 122 valence electrons. The molecule has 0 aliphatic rings. The summed E-state index contributed by atoms with van der Waals surface area (Å²) in [6.07, 6.45) is 0. The Hall–Kier alpha value is -2.60. The molecule has 2 aromatic carbocycles. The lowest BCUT2D eigenvalue weighted by atomic mass is 10.2. The van der Waals surface area contributed by atoms with Gasteiger partial charge >= 0.3 is 0 Å². The number of ether oxygens (including phenoxy) is 1. The zero-order chi connectivity index (χ0) is 16.9. The molecule has 6 heteroatoms. The summed E-state index contributed by atoms with van der Waals surface area (Å²) in [5.41, 5.74) is 7.73. The van der Waals surface area contributed by atoms with Crippen LogP contribution in [0.2, 0.25) is 0 Å². The molecule has 0 bridgehead atoms. The number of rotatable bonds is 5. The molecule has 0 radical (unpaired) electrons. The first-order valence-electron chi connectivity index (χ1n) is 7.54. The fraction of sp³-hybridized carbons (Fsp3) is 0.111. The van der Waals surface area contributed by atoms with Gasteiger partial charge in [-0.3, -0.25) is 0 Å². The average molecular weight is 385 g/mol. The number of hydrogen-bond donors (Lipinski definition) is 2. The van der Waals surface area contributed by atoms with Gasteiger partial charge in [-0.25, -0.2) is 9.97 Å². The lowest BCUT2D eigenvalue weighted by Crippen LogP contribution is -2.01. The molecule has 0 saturated heterocycles. The van der Waals surface area contributed by atoms with Crippen molar-refractivity contribution in [3.63, 3.8) is 0 Å². The predicted molar refractivity (Wildman–Crippen MR) is 100 cm³/mol. The summed E-state index contributed by atoms with van der Waals surface area (Å²) in [5.74, 6) is 2.44. The minimum atomic E-state index is 0.411. The predicted octanol–water partition coefficient (Wildman–Crippen LogP) is 4.63. The van der Waals surface area contributed by atoms with E-state index in [9.17, 15) is 0 Å². The van der Waals surface area contributed by atoms with Crippen LogP contribution in [0.15, 0.2) is 59.1 Å². The van der Waals surface area contributed by atoms with Gasteiger partial charge in [-0.1, -0.05) is 15.9 Å². The zero-order valence-corrected chi connectivity index (χ0v) is 14.7. The number of nitrogens with one attached hydrogen (secondary N) is 1. The molecule has 0 unspecified atom stereocenters. The molecule has 0 fully saturated rings. The van der Waals surface area contributed by atoms with E-state index in [1.165, 1.54) is 0 Å². The SMILES string of the molecule is CCOc1ccc(-c2nc(N)cc(Nc3ccc(Br)cc3)n2)cc1. The van der Waals surface area contributed by atoms with Gasteiger partial charge in [-0.2, -0.15) is 0 Å². The standard InChI is InChI=1S/C18H17BrN4O/c1-2-24-15-9-3-12(4-10-15)18-22-16(20)11-17(23-18)21-14-7-5-13(19)6-8-14/h3-11H,2H2,1H3,(H3,20,21,22,23). The molecule has 0 saturated carbocycles. The van der Waals surface area contributed by atoms with Crippen LogP contribution >= 0.6 is 15.9 Å². The Kier molecular flexibility index (Phi) is 4.96. The summed E-state index contributed by atoms with van der Waals surface area (Å²) < 4.78 is 6.47. The highest BCUT2D eigenvalue weighted by molar-refractivity contribution is 9.10. The Morgan fingerprint density at radius 2 is 1.75 bits per heavy atom. The van der Waals surface area contributed by atoms with E-state index in [1.807, 2.05) is 55.5 Å². The molecule has 3 rings (SSSR count). The van der Waals surface area contributed by atoms with Crippen LogP contribution in [0.4, 0.5) is 17.3 Å². The summed E-state index contributed by atoms with van der Waals surface area (Å²) >= 11 is 3.42. The van der Waals surface area contributed by atoms with Crippen molar-refractivity contribution < 1.29 is 4.74 Å². The summed E-state index contributed by atoms with van der Waals surface area (Å²) in [7, 11) is 0. The summed E-state index contributed by atoms with van der Waals surface area (Å²) in [6, 6.07) is 17.2. The summed E-state index contributed by atoms with van der Waals surface area (Å²) in [4.78, 5) is 8.86. The van der Waals surface area contributed by atoms with Crippen molar-refractivity contribution in [2.75, 3.05) is 17.7 Å². The van der Waals surface area contributed by atoms with Crippen LogP contribution in [0.1, 0.15) is 6.92 Å². The second-order valence-corrected chi connectivity index (χ2v) is 6.01. The van der Waals surface area contributed by atoms with E-state index >= 15 is 0 Å². The van der Waals surface area contributed by atoms with Gasteiger partial charge in [-0.15, -0.1) is 0 Å². The first kappa shape index (κ1) is 16.3. The minimum absolute atomic E-state index is 0.411. The van der Waals surface area contributed by atoms with E-state index in [-0.39, 0.29) is 0 Å². The monoisotopic (exact) mass is 384 g/mol. The molecule has 0 aliphatic carbocycles. The van der Waals surface area contributed by atoms with Crippen molar-refractivity contribution in [1.29, 1.82) is 0 Å². The maximum Gasteiger partial charge on any atom is 0.163 e. The Morgan fingerprint density at radius 3 is 2.42 bits per heavy atom. The highest BCUT2D eigenvalue weighted by Gasteiger charge is 2.06. The molecule has 5 nitrogen and oxygen atoms in total. The van der Waals surface area contributed by atoms with Crippen LogP contribution in [-0.2, 0) is 0 Å². The number of hydrogen-bond acceptors (Lipinski definition) is 5. The van der Waals surface area contributed by atoms with Crippen molar-refractivity contribution in [2.45, 2.75) is 6.92 Å². The van der Waals surface area contributed by atoms with E-state index in [1.54, 1.807) is 6.07 Å². The Balaban J connectivity index is 1.86. The van der Waals surface area contributed by atoms with Crippen molar-refractivity contribution in [3.05, 3.63) is 59.1 Å². The highest BCUT2D eigenvalue weighted by atomic mass is 79.9. The molecule has 24 heavy (non-hydrogen) atoms. The number of anilines is 3. The highest BCUT2D eigenvalue weighted by Crippen LogP contribution is 2.24. The van der Waals surface area contributed by atoms with E-state index < -0.39 is 0 Å². The Morgan fingerprint density at radius 1 is 1.04 bits per heavy atom. The van der Waals surface area contributed by atoms with Gasteiger partial charge in [-0.05, 0) is 55.5 Å². The molecule has 0 atom stereocenters. The van der Waals surface area contributed by atoms with Crippen LogP contribution in [0.5, 0.6) is 5.75 Å². The lowest BCUT2D eigenvalue weighted by Gasteiger charge is -2.09. The van der Waals surface area contributed by atoms with Crippen LogP contribution in [0.25, 0.3) is 11.4 Å². The molecule has 1 heterocycles. The van der Waals surface area contributed by atoms with Crippen LogP contribution in [0.3, 0.4) is 0 Å². The lowest BCUT2D eigenvalue weighted by molar-refractivity contribution is 0.340. The van der Waals surface area contributed by atoms with Crippen molar-refractivity contribution in [3.8, 4) is 17.1 Å². The van der Waals surface area contributed by atoms with Crippen molar-refractivity contribution in [1.82, 2.24) is 9.97 Å². The summed E-state index contributed by atoms with van der Waals surface area (Å²) in [6.45, 7) is 2.59. The average Bonchev–Trinajstić information content (AvgIpc) is 2.57. The molecule has 3 N–H and O–H groups in total. The number of nitrogens with zero attached hydrogens (tertiary/aromatic N) is 2.